The molecule has 0 saturated carbocycles. The van der Waals surface area contributed by atoms with E-state index in [4.69, 9.17) is 11.6 Å². The lowest BCUT2D eigenvalue weighted by Crippen LogP contribution is -2.31. The van der Waals surface area contributed by atoms with Crippen LogP contribution in [0.4, 0.5) is 5.82 Å². The number of hydrogen-bond acceptors (Lipinski definition) is 4. The van der Waals surface area contributed by atoms with E-state index in [9.17, 15) is 4.79 Å². The third-order valence-electron chi connectivity index (χ3n) is 4.38. The third kappa shape index (κ3) is 5.54. The second-order valence-corrected chi connectivity index (χ2v) is 6.84. The lowest BCUT2D eigenvalue weighted by atomic mass is 10.1. The molecule has 0 spiro atoms. The number of aromatic nitrogens is 2. The van der Waals surface area contributed by atoms with E-state index < -0.39 is 0 Å². The Labute approximate surface area is 170 Å². The second kappa shape index (κ2) is 9.85. The lowest BCUT2D eigenvalue weighted by Gasteiger charge is -2.20. The Balaban J connectivity index is 1.61. The first-order valence-electron chi connectivity index (χ1n) is 9.29. The molecular formula is C22H23ClN4O. The summed E-state index contributed by atoms with van der Waals surface area (Å²) in [6, 6.07) is 19.4. The molecule has 0 aliphatic carbocycles. The fourth-order valence-electron chi connectivity index (χ4n) is 2.89. The van der Waals surface area contributed by atoms with Gasteiger partial charge in [-0.2, -0.15) is 0 Å². The van der Waals surface area contributed by atoms with E-state index in [2.05, 4.69) is 15.3 Å². The van der Waals surface area contributed by atoms with Gasteiger partial charge in [0.15, 0.2) is 0 Å². The standard InChI is InChI=1S/C22H23ClN4O/c1-2-27(15-18-7-4-3-5-8-18)22(28)20-14-21(26-16-25-20)24-12-11-17-9-6-10-19(23)13-17/h3-10,13-14,16H,2,11-12,15H2,1H3,(H,24,25,26). The summed E-state index contributed by atoms with van der Waals surface area (Å²) in [5.41, 5.74) is 2.62. The van der Waals surface area contributed by atoms with Crippen molar-refractivity contribution in [2.24, 2.45) is 0 Å². The van der Waals surface area contributed by atoms with Gasteiger partial charge in [-0.05, 0) is 36.6 Å². The molecular weight excluding hydrogens is 372 g/mol. The van der Waals surface area contributed by atoms with Crippen LogP contribution in [0.1, 0.15) is 28.5 Å². The fourth-order valence-corrected chi connectivity index (χ4v) is 3.10. The van der Waals surface area contributed by atoms with Crippen LogP contribution in [0.5, 0.6) is 0 Å². The van der Waals surface area contributed by atoms with Crippen LogP contribution in [0.15, 0.2) is 67.0 Å². The average molecular weight is 395 g/mol. The van der Waals surface area contributed by atoms with Gasteiger partial charge in [0.25, 0.3) is 5.91 Å². The minimum Gasteiger partial charge on any atom is -0.370 e. The molecule has 0 saturated heterocycles. The molecule has 1 amide bonds. The summed E-state index contributed by atoms with van der Waals surface area (Å²) in [6.45, 7) is 3.81. The molecule has 0 bridgehead atoms. The van der Waals surface area contributed by atoms with Crippen LogP contribution < -0.4 is 5.32 Å². The number of carbonyl (C=O) groups is 1. The molecule has 1 heterocycles. The first-order chi connectivity index (χ1) is 13.7. The van der Waals surface area contributed by atoms with Gasteiger partial charge in [0.05, 0.1) is 0 Å². The largest absolute Gasteiger partial charge is 0.370 e. The molecule has 0 aliphatic rings. The molecule has 0 fully saturated rings. The van der Waals surface area contributed by atoms with Crippen molar-refractivity contribution in [1.82, 2.24) is 14.9 Å². The van der Waals surface area contributed by atoms with Crippen LogP contribution in [-0.4, -0.2) is 33.9 Å². The summed E-state index contributed by atoms with van der Waals surface area (Å²) in [5.74, 6) is 0.530. The number of rotatable bonds is 8. The quantitative estimate of drug-likeness (QED) is 0.613. The van der Waals surface area contributed by atoms with Crippen molar-refractivity contribution in [2.45, 2.75) is 19.9 Å². The van der Waals surface area contributed by atoms with E-state index in [0.717, 1.165) is 22.6 Å². The highest BCUT2D eigenvalue weighted by molar-refractivity contribution is 6.30. The van der Waals surface area contributed by atoms with Crippen molar-refractivity contribution in [3.8, 4) is 0 Å². The molecule has 6 heteroatoms. The highest BCUT2D eigenvalue weighted by Gasteiger charge is 2.16. The predicted molar refractivity (Wildman–Crippen MR) is 113 cm³/mol. The minimum atomic E-state index is -0.105. The Morgan fingerprint density at radius 3 is 2.57 bits per heavy atom. The summed E-state index contributed by atoms with van der Waals surface area (Å²) in [4.78, 5) is 23.0. The number of hydrogen-bond donors (Lipinski definition) is 1. The summed E-state index contributed by atoms with van der Waals surface area (Å²) >= 11 is 6.01. The molecule has 1 aromatic heterocycles. The Morgan fingerprint density at radius 2 is 1.82 bits per heavy atom. The Morgan fingerprint density at radius 1 is 1.04 bits per heavy atom. The van der Waals surface area contributed by atoms with E-state index in [1.807, 2.05) is 61.5 Å². The molecule has 3 aromatic rings. The van der Waals surface area contributed by atoms with Gasteiger partial charge in [-0.25, -0.2) is 9.97 Å². The van der Waals surface area contributed by atoms with Gasteiger partial charge < -0.3 is 10.2 Å². The van der Waals surface area contributed by atoms with Crippen molar-refractivity contribution in [2.75, 3.05) is 18.4 Å². The van der Waals surface area contributed by atoms with E-state index in [1.54, 1.807) is 11.0 Å². The van der Waals surface area contributed by atoms with Crippen LogP contribution in [0, 0.1) is 0 Å². The summed E-state index contributed by atoms with van der Waals surface area (Å²) in [6.07, 6.45) is 2.23. The molecule has 5 nitrogen and oxygen atoms in total. The molecule has 1 N–H and O–H groups in total. The maximum atomic E-state index is 12.9. The first-order valence-corrected chi connectivity index (χ1v) is 9.67. The van der Waals surface area contributed by atoms with Crippen molar-refractivity contribution < 1.29 is 4.79 Å². The van der Waals surface area contributed by atoms with Crippen molar-refractivity contribution in [3.63, 3.8) is 0 Å². The maximum Gasteiger partial charge on any atom is 0.272 e. The predicted octanol–water partition coefficient (Wildman–Crippen LogP) is 4.45. The van der Waals surface area contributed by atoms with Crippen LogP contribution in [-0.2, 0) is 13.0 Å². The van der Waals surface area contributed by atoms with Gasteiger partial charge in [-0.15, -0.1) is 0 Å². The Bertz CT molecular complexity index is 917. The normalized spacial score (nSPS) is 10.5. The maximum absolute atomic E-state index is 12.9. The van der Waals surface area contributed by atoms with E-state index in [1.165, 1.54) is 6.33 Å². The highest BCUT2D eigenvalue weighted by atomic mass is 35.5. The number of nitrogens with zero attached hydrogens (tertiary/aromatic N) is 3. The molecule has 0 aliphatic heterocycles. The van der Waals surface area contributed by atoms with Crippen LogP contribution in [0.25, 0.3) is 0 Å². The third-order valence-corrected chi connectivity index (χ3v) is 4.62. The zero-order chi connectivity index (χ0) is 19.8. The van der Waals surface area contributed by atoms with Crippen LogP contribution >= 0.6 is 11.6 Å². The van der Waals surface area contributed by atoms with E-state index in [0.29, 0.717) is 31.1 Å². The van der Waals surface area contributed by atoms with Gasteiger partial charge in [-0.3, -0.25) is 4.79 Å². The topological polar surface area (TPSA) is 58.1 Å². The number of amides is 1. The Hall–Kier alpha value is -2.92. The highest BCUT2D eigenvalue weighted by Crippen LogP contribution is 2.13. The molecule has 2 aromatic carbocycles. The van der Waals surface area contributed by atoms with Crippen molar-refractivity contribution in [3.05, 3.63) is 88.8 Å². The second-order valence-electron chi connectivity index (χ2n) is 6.40. The number of nitrogens with one attached hydrogen (secondary N) is 1. The van der Waals surface area contributed by atoms with E-state index >= 15 is 0 Å². The van der Waals surface area contributed by atoms with Crippen LogP contribution in [0.3, 0.4) is 0 Å². The van der Waals surface area contributed by atoms with Crippen molar-refractivity contribution >= 4 is 23.3 Å². The molecule has 0 radical (unpaired) electrons. The molecule has 144 valence electrons. The zero-order valence-electron chi connectivity index (χ0n) is 15.8. The van der Waals surface area contributed by atoms with Gasteiger partial charge in [0, 0.05) is 30.7 Å². The lowest BCUT2D eigenvalue weighted by molar-refractivity contribution is 0.0746. The summed E-state index contributed by atoms with van der Waals surface area (Å²) in [5, 5.41) is 3.98. The Kier molecular flexibility index (Phi) is 6.98. The number of benzene rings is 2. The number of anilines is 1. The van der Waals surface area contributed by atoms with Gasteiger partial charge in [0.2, 0.25) is 0 Å². The summed E-state index contributed by atoms with van der Waals surface area (Å²) < 4.78 is 0. The van der Waals surface area contributed by atoms with Crippen molar-refractivity contribution in [1.29, 1.82) is 0 Å². The zero-order valence-corrected chi connectivity index (χ0v) is 16.6. The van der Waals surface area contributed by atoms with Gasteiger partial charge in [-0.1, -0.05) is 54.1 Å². The molecule has 28 heavy (non-hydrogen) atoms. The first kappa shape index (κ1) is 19.8. The number of halogens is 1. The van der Waals surface area contributed by atoms with Crippen LogP contribution in [0.2, 0.25) is 5.02 Å². The SMILES string of the molecule is CCN(Cc1ccccc1)C(=O)c1cc(NCCc2cccc(Cl)c2)ncn1. The molecule has 0 atom stereocenters. The summed E-state index contributed by atoms with van der Waals surface area (Å²) in [7, 11) is 0. The van der Waals surface area contributed by atoms with E-state index in [-0.39, 0.29) is 5.91 Å². The monoisotopic (exact) mass is 394 g/mol. The van der Waals surface area contributed by atoms with Gasteiger partial charge in [0.1, 0.15) is 17.8 Å². The number of carbonyl (C=O) groups excluding carboxylic acids is 1. The fraction of sp³-hybridized carbons (Fsp3) is 0.227. The molecule has 3 rings (SSSR count). The smallest absolute Gasteiger partial charge is 0.272 e. The average Bonchev–Trinajstić information content (AvgIpc) is 2.72. The minimum absolute atomic E-state index is 0.105. The van der Waals surface area contributed by atoms with Gasteiger partial charge >= 0.3 is 0 Å². The molecule has 0 unspecified atom stereocenters.